The number of aliphatic hydroxyl groups excluding tert-OH is 1. The van der Waals surface area contributed by atoms with E-state index in [2.05, 4.69) is 20.8 Å². The number of aliphatic hydroxyl groups is 1. The topological polar surface area (TPSA) is 168 Å². The van der Waals surface area contributed by atoms with E-state index >= 15 is 0 Å². The number of oxime groups is 1. The minimum Gasteiger partial charge on any atom is -0.411 e. The molecule has 0 radical (unpaired) electrons. The Labute approximate surface area is 299 Å². The summed E-state index contributed by atoms with van der Waals surface area (Å²) in [5, 5.41) is 32.5. The van der Waals surface area contributed by atoms with Gasteiger partial charge in [0.25, 0.3) is 0 Å². The van der Waals surface area contributed by atoms with Gasteiger partial charge in [-0.25, -0.2) is 18.2 Å². The highest BCUT2D eigenvalue weighted by Crippen LogP contribution is 2.23. The van der Waals surface area contributed by atoms with Crippen LogP contribution in [0.5, 0.6) is 0 Å². The number of carbonyl (C=O) groups excluding carboxylic acids is 2. The third-order valence-electron chi connectivity index (χ3n) is 8.42. The third-order valence-corrected chi connectivity index (χ3v) is 11.2. The number of urea groups is 1. The van der Waals surface area contributed by atoms with E-state index in [9.17, 15) is 23.1 Å². The molecule has 15 heteroatoms. The molecule has 1 fully saturated rings. The van der Waals surface area contributed by atoms with Gasteiger partial charge in [0.05, 0.1) is 35.5 Å². The van der Waals surface area contributed by atoms with E-state index in [-0.39, 0.29) is 42.3 Å². The molecule has 2 aromatic carbocycles. The SMILES string of the molecule is CNCc1nc(CN2CCN([C@H](C(=O)N[C@@H](Cc3ccccc3)[C@H](O)CN(CC(C)C)S(=O)(=O)c3ccc(/C=N/O)cc3)C(C)C)C2=O)cs1. The van der Waals surface area contributed by atoms with Gasteiger partial charge in [-0.1, -0.05) is 75.3 Å². The number of hydrogen-bond acceptors (Lipinski definition) is 10. The van der Waals surface area contributed by atoms with Gasteiger partial charge in [0.1, 0.15) is 11.0 Å². The maximum atomic E-state index is 14.1. The zero-order valence-electron chi connectivity index (χ0n) is 29.3. The van der Waals surface area contributed by atoms with Gasteiger partial charge in [-0.15, -0.1) is 11.3 Å². The number of nitrogens with one attached hydrogen (secondary N) is 2. The van der Waals surface area contributed by atoms with Gasteiger partial charge in [-0.3, -0.25) is 4.79 Å². The number of hydrogen-bond donors (Lipinski definition) is 4. The van der Waals surface area contributed by atoms with Crippen molar-refractivity contribution >= 4 is 39.5 Å². The minimum absolute atomic E-state index is 0.0250. The van der Waals surface area contributed by atoms with Gasteiger partial charge in [0, 0.05) is 38.1 Å². The lowest BCUT2D eigenvalue weighted by molar-refractivity contribution is -0.128. The van der Waals surface area contributed by atoms with E-state index < -0.39 is 34.1 Å². The molecule has 2 heterocycles. The van der Waals surface area contributed by atoms with E-state index in [0.29, 0.717) is 31.7 Å². The van der Waals surface area contributed by atoms with Gasteiger partial charge in [0.2, 0.25) is 15.9 Å². The van der Waals surface area contributed by atoms with Crippen LogP contribution >= 0.6 is 11.3 Å². The average Bonchev–Trinajstić information content (AvgIpc) is 3.67. The van der Waals surface area contributed by atoms with Gasteiger partial charge >= 0.3 is 6.03 Å². The van der Waals surface area contributed by atoms with Crippen LogP contribution in [0.25, 0.3) is 0 Å². The molecule has 0 saturated carbocycles. The molecule has 1 aliphatic heterocycles. The number of sulfonamides is 1. The number of carbonyl (C=O) groups is 2. The fourth-order valence-corrected chi connectivity index (χ4v) is 8.45. The summed E-state index contributed by atoms with van der Waals surface area (Å²) in [5.74, 6) is -0.723. The van der Waals surface area contributed by atoms with Crippen molar-refractivity contribution in [3.63, 3.8) is 0 Å². The van der Waals surface area contributed by atoms with Crippen molar-refractivity contribution in [2.45, 2.75) is 70.3 Å². The second-order valence-electron chi connectivity index (χ2n) is 13.3. The van der Waals surface area contributed by atoms with Crippen molar-refractivity contribution in [2.24, 2.45) is 17.0 Å². The Morgan fingerprint density at radius 1 is 1.08 bits per heavy atom. The van der Waals surface area contributed by atoms with Crippen LogP contribution < -0.4 is 10.6 Å². The third kappa shape index (κ3) is 10.1. The summed E-state index contributed by atoms with van der Waals surface area (Å²) < 4.78 is 29.0. The molecule has 1 aromatic heterocycles. The van der Waals surface area contributed by atoms with Crippen LogP contribution in [0.2, 0.25) is 0 Å². The Kier molecular flexibility index (Phi) is 13.9. The first-order valence-electron chi connectivity index (χ1n) is 16.8. The number of amides is 3. The van der Waals surface area contributed by atoms with Crippen LogP contribution in [-0.4, -0.2) is 107 Å². The summed E-state index contributed by atoms with van der Waals surface area (Å²) >= 11 is 1.53. The molecule has 0 bridgehead atoms. The molecule has 272 valence electrons. The van der Waals surface area contributed by atoms with Gasteiger partial charge in [0.15, 0.2) is 0 Å². The first-order chi connectivity index (χ1) is 23.8. The highest BCUT2D eigenvalue weighted by atomic mass is 32.2. The quantitative estimate of drug-likeness (QED) is 0.0880. The summed E-state index contributed by atoms with van der Waals surface area (Å²) in [5.41, 5.74) is 2.17. The first-order valence-corrected chi connectivity index (χ1v) is 19.1. The van der Waals surface area contributed by atoms with Crippen molar-refractivity contribution in [1.29, 1.82) is 0 Å². The van der Waals surface area contributed by atoms with Crippen molar-refractivity contribution < 1.29 is 28.3 Å². The average molecular weight is 728 g/mol. The number of nitrogens with zero attached hydrogens (tertiary/aromatic N) is 5. The summed E-state index contributed by atoms with van der Waals surface area (Å²) in [6, 6.07) is 13.3. The Morgan fingerprint density at radius 3 is 2.40 bits per heavy atom. The number of benzene rings is 2. The molecule has 0 spiro atoms. The van der Waals surface area contributed by atoms with Gasteiger partial charge < -0.3 is 30.7 Å². The Hall–Kier alpha value is -3.89. The standard InChI is InChI=1S/C35H49N7O6S2/c1-24(2)20-41(50(47,48)29-13-11-27(12-14-29)18-37-46)22-31(43)30(17-26-9-7-6-8-10-26)39-34(44)33(25(3)4)42-16-15-40(35(42)45)21-28-23-49-32(38-28)19-36-5/h6-14,18,23-25,30-31,33,36,43,46H,15-17,19-22H2,1-5H3,(H,39,44)/b37-18+/t30-,31+,33-/m0/s1. The second kappa shape index (κ2) is 17.9. The molecule has 3 amide bonds. The van der Waals surface area contributed by atoms with E-state index in [4.69, 9.17) is 5.21 Å². The predicted molar refractivity (Wildman–Crippen MR) is 194 cm³/mol. The van der Waals surface area contributed by atoms with Crippen molar-refractivity contribution in [3.8, 4) is 0 Å². The number of rotatable bonds is 18. The summed E-state index contributed by atoms with van der Waals surface area (Å²) in [4.78, 5) is 35.7. The van der Waals surface area contributed by atoms with Crippen molar-refractivity contribution in [2.75, 3.05) is 33.2 Å². The van der Waals surface area contributed by atoms with Crippen LogP contribution in [0.3, 0.4) is 0 Å². The molecule has 1 saturated heterocycles. The van der Waals surface area contributed by atoms with E-state index in [1.807, 2.05) is 70.5 Å². The molecule has 1 aliphatic rings. The largest absolute Gasteiger partial charge is 0.411 e. The Morgan fingerprint density at radius 2 is 1.78 bits per heavy atom. The maximum absolute atomic E-state index is 14.1. The number of aromatic nitrogens is 1. The van der Waals surface area contributed by atoms with Gasteiger partial charge in [-0.2, -0.15) is 4.31 Å². The lowest BCUT2D eigenvalue weighted by Crippen LogP contribution is -2.57. The van der Waals surface area contributed by atoms with Crippen molar-refractivity contribution in [3.05, 3.63) is 81.8 Å². The molecule has 4 rings (SSSR count). The summed E-state index contributed by atoms with van der Waals surface area (Å²) in [6.07, 6.45) is 0.147. The monoisotopic (exact) mass is 727 g/mol. The smallest absolute Gasteiger partial charge is 0.321 e. The Balaban J connectivity index is 1.55. The molecule has 13 nitrogen and oxygen atoms in total. The Bertz CT molecular complexity index is 1680. The molecule has 3 atom stereocenters. The summed E-state index contributed by atoms with van der Waals surface area (Å²) in [6.45, 7) is 9.18. The fourth-order valence-electron chi connectivity index (χ4n) is 6.03. The number of thiazole rings is 1. The van der Waals surface area contributed by atoms with Crippen LogP contribution in [0.1, 0.15) is 49.5 Å². The van der Waals surface area contributed by atoms with Crippen LogP contribution in [0.4, 0.5) is 4.79 Å². The second-order valence-corrected chi connectivity index (χ2v) is 16.1. The first kappa shape index (κ1) is 38.9. The van der Waals surface area contributed by atoms with E-state index in [1.165, 1.54) is 46.1 Å². The maximum Gasteiger partial charge on any atom is 0.321 e. The molecular weight excluding hydrogens is 679 g/mol. The predicted octanol–water partition coefficient (Wildman–Crippen LogP) is 3.37. The molecule has 4 N–H and O–H groups in total. The zero-order valence-corrected chi connectivity index (χ0v) is 30.9. The highest BCUT2D eigenvalue weighted by Gasteiger charge is 2.40. The normalized spacial score (nSPS) is 15.8. The van der Waals surface area contributed by atoms with E-state index in [1.54, 1.807) is 9.80 Å². The van der Waals surface area contributed by atoms with Gasteiger partial charge in [-0.05, 0) is 48.6 Å². The van der Waals surface area contributed by atoms with Crippen LogP contribution in [0, 0.1) is 11.8 Å². The summed E-state index contributed by atoms with van der Waals surface area (Å²) in [7, 11) is -2.20. The zero-order chi connectivity index (χ0) is 36.4. The van der Waals surface area contributed by atoms with Crippen LogP contribution in [-0.2, 0) is 34.3 Å². The highest BCUT2D eigenvalue weighted by molar-refractivity contribution is 7.89. The molecule has 0 unspecified atom stereocenters. The van der Waals surface area contributed by atoms with Crippen molar-refractivity contribution in [1.82, 2.24) is 29.7 Å². The lowest BCUT2D eigenvalue weighted by Gasteiger charge is -2.34. The minimum atomic E-state index is -4.05. The van der Waals surface area contributed by atoms with E-state index in [0.717, 1.165) is 16.3 Å². The lowest BCUT2D eigenvalue weighted by atomic mass is 9.97. The molecule has 0 aliphatic carbocycles. The van der Waals surface area contributed by atoms with Crippen LogP contribution in [0.15, 0.2) is 70.0 Å². The molecule has 50 heavy (non-hydrogen) atoms. The molecule has 3 aromatic rings. The fraction of sp³-hybridized carbons (Fsp3) is 0.486. The molecular formula is C35H49N7O6S2.